The molecule has 2 atom stereocenters. The molecule has 0 saturated carbocycles. The van der Waals surface area contributed by atoms with Crippen LogP contribution in [0.3, 0.4) is 0 Å². The molecule has 0 bridgehead atoms. The Hall–Kier alpha value is -1.18. The summed E-state index contributed by atoms with van der Waals surface area (Å²) in [7, 11) is 0. The predicted molar refractivity (Wildman–Crippen MR) is 58.0 cm³/mol. The van der Waals surface area contributed by atoms with Crippen molar-refractivity contribution >= 4 is 0 Å². The van der Waals surface area contributed by atoms with E-state index < -0.39 is 0 Å². The van der Waals surface area contributed by atoms with E-state index in [9.17, 15) is 0 Å². The Bertz CT molecular complexity index is 254. The lowest BCUT2D eigenvalue weighted by Crippen LogP contribution is -2.34. The van der Waals surface area contributed by atoms with Gasteiger partial charge in [-0.2, -0.15) is 0 Å². The van der Waals surface area contributed by atoms with Gasteiger partial charge in [0, 0.05) is 0 Å². The molecule has 2 heteroatoms. The highest BCUT2D eigenvalue weighted by molar-refractivity contribution is 5.40. The lowest BCUT2D eigenvalue weighted by molar-refractivity contribution is 0.0430. The van der Waals surface area contributed by atoms with Gasteiger partial charge < -0.3 is 9.47 Å². The first-order chi connectivity index (χ1) is 6.77. The zero-order chi connectivity index (χ0) is 10.6. The second-order valence-corrected chi connectivity index (χ2v) is 3.09. The van der Waals surface area contributed by atoms with Crippen LogP contribution in [0, 0.1) is 0 Å². The molecule has 0 N–H and O–H groups in total. The molecule has 2 rings (SSSR count). The summed E-state index contributed by atoms with van der Waals surface area (Å²) in [5, 5.41) is 0. The zero-order valence-electron chi connectivity index (χ0n) is 9.28. The summed E-state index contributed by atoms with van der Waals surface area (Å²) in [6.45, 7) is 8.03. The molecule has 1 aliphatic heterocycles. The summed E-state index contributed by atoms with van der Waals surface area (Å²) in [5.41, 5.74) is 0. The molecule has 0 aromatic heterocycles. The van der Waals surface area contributed by atoms with E-state index in [1.807, 2.05) is 52.0 Å². The number of para-hydroxylation sites is 2. The molecule has 1 aromatic carbocycles. The Labute approximate surface area is 85.8 Å². The maximum atomic E-state index is 5.62. The van der Waals surface area contributed by atoms with Crippen LogP contribution >= 0.6 is 0 Å². The SMILES string of the molecule is CC.CC1Oc2ccccc2OC1C. The molecule has 0 radical (unpaired) electrons. The van der Waals surface area contributed by atoms with Crippen molar-refractivity contribution in [2.45, 2.75) is 39.9 Å². The normalized spacial score (nSPS) is 23.4. The van der Waals surface area contributed by atoms with Crippen molar-refractivity contribution in [3.05, 3.63) is 24.3 Å². The fourth-order valence-corrected chi connectivity index (χ4v) is 1.24. The first-order valence-electron chi connectivity index (χ1n) is 5.20. The fraction of sp³-hybridized carbons (Fsp3) is 0.500. The van der Waals surface area contributed by atoms with Crippen molar-refractivity contribution in [3.8, 4) is 11.5 Å². The number of hydrogen-bond acceptors (Lipinski definition) is 2. The van der Waals surface area contributed by atoms with Crippen LogP contribution in [0.15, 0.2) is 24.3 Å². The third kappa shape index (κ3) is 2.19. The lowest BCUT2D eigenvalue weighted by Gasteiger charge is -2.29. The van der Waals surface area contributed by atoms with Gasteiger partial charge in [-0.1, -0.05) is 26.0 Å². The van der Waals surface area contributed by atoms with Gasteiger partial charge in [-0.25, -0.2) is 0 Å². The maximum Gasteiger partial charge on any atom is 0.161 e. The minimum Gasteiger partial charge on any atom is -0.483 e. The first-order valence-corrected chi connectivity index (χ1v) is 5.20. The number of fused-ring (bicyclic) bond motifs is 1. The largest absolute Gasteiger partial charge is 0.483 e. The number of benzene rings is 1. The van der Waals surface area contributed by atoms with E-state index in [1.165, 1.54) is 0 Å². The van der Waals surface area contributed by atoms with E-state index >= 15 is 0 Å². The van der Waals surface area contributed by atoms with Gasteiger partial charge in [0.05, 0.1) is 0 Å². The molecule has 2 unspecified atom stereocenters. The van der Waals surface area contributed by atoms with Crippen molar-refractivity contribution in [1.29, 1.82) is 0 Å². The topological polar surface area (TPSA) is 18.5 Å². The summed E-state index contributed by atoms with van der Waals surface area (Å²) in [4.78, 5) is 0. The molecule has 0 amide bonds. The van der Waals surface area contributed by atoms with Crippen LogP contribution < -0.4 is 9.47 Å². The van der Waals surface area contributed by atoms with Gasteiger partial charge in [0.1, 0.15) is 12.2 Å². The van der Waals surface area contributed by atoms with Crippen LogP contribution in [0.4, 0.5) is 0 Å². The van der Waals surface area contributed by atoms with Gasteiger partial charge in [-0.3, -0.25) is 0 Å². The quantitative estimate of drug-likeness (QED) is 0.631. The van der Waals surface area contributed by atoms with Crippen molar-refractivity contribution < 1.29 is 9.47 Å². The summed E-state index contributed by atoms with van der Waals surface area (Å²) in [5.74, 6) is 1.70. The van der Waals surface area contributed by atoms with Crippen LogP contribution in [0.5, 0.6) is 11.5 Å². The third-order valence-electron chi connectivity index (χ3n) is 2.14. The van der Waals surface area contributed by atoms with Crippen molar-refractivity contribution in [3.63, 3.8) is 0 Å². The molecule has 0 aliphatic carbocycles. The van der Waals surface area contributed by atoms with Gasteiger partial charge in [0.2, 0.25) is 0 Å². The van der Waals surface area contributed by atoms with E-state index in [2.05, 4.69) is 0 Å². The monoisotopic (exact) mass is 194 g/mol. The molecule has 1 aromatic rings. The summed E-state index contributed by atoms with van der Waals surface area (Å²) < 4.78 is 11.2. The van der Waals surface area contributed by atoms with Gasteiger partial charge in [0.25, 0.3) is 0 Å². The van der Waals surface area contributed by atoms with Crippen LogP contribution in [-0.4, -0.2) is 12.2 Å². The molecule has 78 valence electrons. The van der Waals surface area contributed by atoms with Crippen LogP contribution in [0.25, 0.3) is 0 Å². The van der Waals surface area contributed by atoms with Gasteiger partial charge in [0.15, 0.2) is 11.5 Å². The average molecular weight is 194 g/mol. The van der Waals surface area contributed by atoms with Crippen LogP contribution in [-0.2, 0) is 0 Å². The molecular formula is C12H18O2. The summed E-state index contributed by atoms with van der Waals surface area (Å²) in [6, 6.07) is 7.76. The second kappa shape index (κ2) is 4.89. The average Bonchev–Trinajstić information content (AvgIpc) is 2.23. The van der Waals surface area contributed by atoms with Gasteiger partial charge >= 0.3 is 0 Å². The molecular weight excluding hydrogens is 176 g/mol. The molecule has 2 nitrogen and oxygen atoms in total. The summed E-state index contributed by atoms with van der Waals surface area (Å²) in [6.07, 6.45) is 0.278. The van der Waals surface area contributed by atoms with Crippen molar-refractivity contribution in [1.82, 2.24) is 0 Å². The highest BCUT2D eigenvalue weighted by Crippen LogP contribution is 2.32. The Kier molecular flexibility index (Phi) is 3.81. The predicted octanol–water partition coefficient (Wildman–Crippen LogP) is 3.26. The highest BCUT2D eigenvalue weighted by Gasteiger charge is 2.23. The zero-order valence-corrected chi connectivity index (χ0v) is 9.28. The molecule has 0 saturated heterocycles. The van der Waals surface area contributed by atoms with Gasteiger partial charge in [-0.15, -0.1) is 0 Å². The highest BCUT2D eigenvalue weighted by atomic mass is 16.6. The molecule has 1 aliphatic rings. The van der Waals surface area contributed by atoms with E-state index in [4.69, 9.17) is 9.47 Å². The Morgan fingerprint density at radius 2 is 1.21 bits per heavy atom. The first kappa shape index (κ1) is 10.9. The van der Waals surface area contributed by atoms with Crippen molar-refractivity contribution in [2.75, 3.05) is 0 Å². The minimum atomic E-state index is 0.139. The van der Waals surface area contributed by atoms with E-state index in [0.29, 0.717) is 0 Å². The number of rotatable bonds is 0. The van der Waals surface area contributed by atoms with E-state index in [1.54, 1.807) is 0 Å². The smallest absolute Gasteiger partial charge is 0.161 e. The van der Waals surface area contributed by atoms with E-state index in [0.717, 1.165) is 11.5 Å². The number of ether oxygens (including phenoxy) is 2. The number of hydrogen-bond donors (Lipinski definition) is 0. The van der Waals surface area contributed by atoms with Crippen molar-refractivity contribution in [2.24, 2.45) is 0 Å². The second-order valence-electron chi connectivity index (χ2n) is 3.09. The fourth-order valence-electron chi connectivity index (χ4n) is 1.24. The minimum absolute atomic E-state index is 0.139. The van der Waals surface area contributed by atoms with E-state index in [-0.39, 0.29) is 12.2 Å². The third-order valence-corrected chi connectivity index (χ3v) is 2.14. The molecule has 1 heterocycles. The molecule has 14 heavy (non-hydrogen) atoms. The standard InChI is InChI=1S/C10H12O2.C2H6/c1-7-8(2)12-10-6-4-3-5-9(10)11-7;1-2/h3-8H,1-2H3;1-2H3. The lowest BCUT2D eigenvalue weighted by atomic mass is 10.2. The van der Waals surface area contributed by atoms with Crippen LogP contribution in [0.1, 0.15) is 27.7 Å². The maximum absolute atomic E-state index is 5.62. The molecule has 0 fully saturated rings. The Morgan fingerprint density at radius 3 is 1.57 bits per heavy atom. The Morgan fingerprint density at radius 1 is 0.857 bits per heavy atom. The molecule has 0 spiro atoms. The van der Waals surface area contributed by atoms with Gasteiger partial charge in [-0.05, 0) is 26.0 Å². The Balaban J connectivity index is 0.000000461. The summed E-state index contributed by atoms with van der Waals surface area (Å²) >= 11 is 0. The van der Waals surface area contributed by atoms with Crippen LogP contribution in [0.2, 0.25) is 0 Å².